The first kappa shape index (κ1) is 19.9. The number of imide groups is 1. The molecule has 1 N–H and O–H groups in total. The molecule has 1 aliphatic heterocycles. The Kier molecular flexibility index (Phi) is 5.17. The van der Waals surface area contributed by atoms with Gasteiger partial charge in [0.2, 0.25) is 5.91 Å². The molecule has 0 aromatic heterocycles. The van der Waals surface area contributed by atoms with Gasteiger partial charge in [0, 0.05) is 6.54 Å². The lowest BCUT2D eigenvalue weighted by atomic mass is 9.73. The van der Waals surface area contributed by atoms with Gasteiger partial charge in [0.05, 0.1) is 5.41 Å². The average molecular weight is 399 g/mol. The molecule has 0 saturated carbocycles. The van der Waals surface area contributed by atoms with Crippen LogP contribution in [0.5, 0.6) is 0 Å². The van der Waals surface area contributed by atoms with E-state index in [1.165, 1.54) is 0 Å². The van der Waals surface area contributed by atoms with Gasteiger partial charge in [0.25, 0.3) is 0 Å². The molecule has 3 amide bonds. The summed E-state index contributed by atoms with van der Waals surface area (Å²) in [6.45, 7) is 4.24. The largest absolute Gasteiger partial charge is 0.325 e. The lowest BCUT2D eigenvalue weighted by Gasteiger charge is -2.50. The van der Waals surface area contributed by atoms with Crippen LogP contribution in [0.25, 0.3) is 0 Å². The summed E-state index contributed by atoms with van der Waals surface area (Å²) < 4.78 is 0. The van der Waals surface area contributed by atoms with Crippen molar-refractivity contribution in [1.82, 2.24) is 10.2 Å². The van der Waals surface area contributed by atoms with Crippen molar-refractivity contribution < 1.29 is 9.59 Å². The molecule has 3 aromatic carbocycles. The van der Waals surface area contributed by atoms with E-state index in [1.807, 2.05) is 110 Å². The molecule has 0 bridgehead atoms. The van der Waals surface area contributed by atoms with Crippen molar-refractivity contribution in [2.45, 2.75) is 25.8 Å². The van der Waals surface area contributed by atoms with Crippen LogP contribution >= 0.6 is 0 Å². The first-order valence-electron chi connectivity index (χ1n) is 10.3. The summed E-state index contributed by atoms with van der Waals surface area (Å²) in [7, 11) is 0. The van der Waals surface area contributed by atoms with Crippen LogP contribution in [0.1, 0.15) is 37.0 Å². The zero-order valence-corrected chi connectivity index (χ0v) is 17.3. The van der Waals surface area contributed by atoms with E-state index in [0.29, 0.717) is 13.0 Å². The summed E-state index contributed by atoms with van der Waals surface area (Å²) in [6.07, 6.45) is 0.636. The number of benzene rings is 3. The van der Waals surface area contributed by atoms with Crippen molar-refractivity contribution >= 4 is 11.9 Å². The van der Waals surface area contributed by atoms with Gasteiger partial charge in [-0.1, -0.05) is 97.9 Å². The zero-order chi connectivity index (χ0) is 21.2. The van der Waals surface area contributed by atoms with Crippen LogP contribution in [-0.2, 0) is 10.3 Å². The third-order valence-corrected chi connectivity index (χ3v) is 6.28. The molecule has 1 unspecified atom stereocenters. The van der Waals surface area contributed by atoms with Crippen LogP contribution in [0.3, 0.4) is 0 Å². The molecule has 1 heterocycles. The van der Waals surface area contributed by atoms with E-state index in [-0.39, 0.29) is 11.9 Å². The lowest BCUT2D eigenvalue weighted by Crippen LogP contribution is -2.65. The maximum atomic E-state index is 13.4. The van der Waals surface area contributed by atoms with E-state index in [0.717, 1.165) is 16.7 Å². The van der Waals surface area contributed by atoms with Gasteiger partial charge in [-0.25, -0.2) is 4.79 Å². The Hall–Kier alpha value is -3.40. The van der Waals surface area contributed by atoms with E-state index in [4.69, 9.17) is 0 Å². The van der Waals surface area contributed by atoms with Crippen LogP contribution < -0.4 is 5.32 Å². The smallest absolute Gasteiger partial charge is 0.305 e. The Morgan fingerprint density at radius 2 is 1.20 bits per heavy atom. The zero-order valence-electron chi connectivity index (χ0n) is 17.3. The number of hydrogen-bond donors (Lipinski definition) is 1. The molecule has 1 aliphatic rings. The minimum atomic E-state index is -0.870. The molecule has 30 heavy (non-hydrogen) atoms. The number of nitrogens with one attached hydrogen (secondary N) is 1. The second-order valence-electron chi connectivity index (χ2n) is 8.07. The lowest BCUT2D eigenvalue weighted by molar-refractivity contribution is -0.133. The Labute approximate surface area is 177 Å². The van der Waals surface area contributed by atoms with Crippen LogP contribution in [0.15, 0.2) is 91.0 Å². The average Bonchev–Trinajstić information content (AvgIpc) is 2.80. The van der Waals surface area contributed by atoms with E-state index in [1.54, 1.807) is 0 Å². The van der Waals surface area contributed by atoms with Gasteiger partial charge in [-0.3, -0.25) is 10.1 Å². The molecule has 1 atom stereocenters. The molecule has 0 radical (unpaired) electrons. The van der Waals surface area contributed by atoms with Crippen molar-refractivity contribution in [1.29, 1.82) is 0 Å². The van der Waals surface area contributed by atoms with Crippen molar-refractivity contribution in [2.24, 2.45) is 5.41 Å². The van der Waals surface area contributed by atoms with Crippen molar-refractivity contribution in [2.75, 3.05) is 6.54 Å². The Morgan fingerprint density at radius 1 is 0.800 bits per heavy atom. The predicted octanol–water partition coefficient (Wildman–Crippen LogP) is 4.95. The second-order valence-corrected chi connectivity index (χ2v) is 8.07. The number of hydrogen-bond acceptors (Lipinski definition) is 2. The third-order valence-electron chi connectivity index (χ3n) is 6.28. The van der Waals surface area contributed by atoms with Crippen molar-refractivity contribution in [3.63, 3.8) is 0 Å². The summed E-state index contributed by atoms with van der Waals surface area (Å²) in [4.78, 5) is 27.9. The maximum absolute atomic E-state index is 13.4. The Morgan fingerprint density at radius 3 is 1.57 bits per heavy atom. The Bertz CT molecular complexity index is 938. The highest BCUT2D eigenvalue weighted by Gasteiger charge is 2.51. The highest BCUT2D eigenvalue weighted by Crippen LogP contribution is 2.45. The first-order valence-corrected chi connectivity index (χ1v) is 10.3. The number of carbonyl (C=O) groups excluding carboxylic acids is 2. The molecule has 3 aromatic rings. The highest BCUT2D eigenvalue weighted by molar-refractivity contribution is 6.00. The van der Waals surface area contributed by atoms with Gasteiger partial charge < -0.3 is 4.90 Å². The summed E-state index contributed by atoms with van der Waals surface area (Å²) in [6, 6.07) is 29.8. The standard InChI is InChI=1S/C26H26N2O2/c1-3-25(2)19-28(24(30)27-23(25)29)26(20-13-7-4-8-14-20,21-15-9-5-10-16-21)22-17-11-6-12-18-22/h4-18H,3,19H2,1-2H3,(H,27,29,30). The van der Waals surface area contributed by atoms with Gasteiger partial charge >= 0.3 is 6.03 Å². The number of rotatable bonds is 5. The number of nitrogens with zero attached hydrogens (tertiary/aromatic N) is 1. The molecule has 1 saturated heterocycles. The van der Waals surface area contributed by atoms with E-state index in [9.17, 15) is 9.59 Å². The molecular formula is C26H26N2O2. The minimum absolute atomic E-state index is 0.214. The van der Waals surface area contributed by atoms with Crippen LogP contribution in [0.2, 0.25) is 0 Å². The van der Waals surface area contributed by atoms with E-state index in [2.05, 4.69) is 5.32 Å². The quantitative estimate of drug-likeness (QED) is 0.619. The summed E-state index contributed by atoms with van der Waals surface area (Å²) in [5, 5.41) is 2.63. The molecule has 1 fully saturated rings. The van der Waals surface area contributed by atoms with Crippen LogP contribution in [0.4, 0.5) is 4.79 Å². The Balaban J connectivity index is 2.05. The third kappa shape index (κ3) is 3.09. The molecule has 4 heteroatoms. The van der Waals surface area contributed by atoms with Gasteiger partial charge in [0.15, 0.2) is 0 Å². The molecule has 4 rings (SSSR count). The molecule has 152 valence electrons. The van der Waals surface area contributed by atoms with Gasteiger partial charge in [-0.15, -0.1) is 0 Å². The highest BCUT2D eigenvalue weighted by atomic mass is 16.2. The van der Waals surface area contributed by atoms with Crippen LogP contribution in [-0.4, -0.2) is 23.4 Å². The predicted molar refractivity (Wildman–Crippen MR) is 118 cm³/mol. The number of urea groups is 1. The topological polar surface area (TPSA) is 49.4 Å². The summed E-state index contributed by atoms with van der Waals surface area (Å²) in [5.41, 5.74) is 1.39. The first-order chi connectivity index (χ1) is 14.5. The summed E-state index contributed by atoms with van der Waals surface area (Å²) in [5.74, 6) is -0.214. The second kappa shape index (κ2) is 7.79. The van der Waals surface area contributed by atoms with Gasteiger partial charge in [-0.05, 0) is 30.0 Å². The molecular weight excluding hydrogens is 372 g/mol. The van der Waals surface area contributed by atoms with E-state index < -0.39 is 11.0 Å². The van der Waals surface area contributed by atoms with Gasteiger partial charge in [-0.2, -0.15) is 0 Å². The minimum Gasteiger partial charge on any atom is -0.305 e. The van der Waals surface area contributed by atoms with E-state index >= 15 is 0 Å². The SMILES string of the molecule is CCC1(C)CN(C(c2ccccc2)(c2ccccc2)c2ccccc2)C(=O)NC1=O. The fourth-order valence-electron chi connectivity index (χ4n) is 4.36. The van der Waals surface area contributed by atoms with Crippen molar-refractivity contribution in [3.05, 3.63) is 108 Å². The fourth-order valence-corrected chi connectivity index (χ4v) is 4.36. The maximum Gasteiger partial charge on any atom is 0.325 e. The van der Waals surface area contributed by atoms with Gasteiger partial charge in [0.1, 0.15) is 5.54 Å². The normalized spacial score (nSPS) is 19.5. The van der Waals surface area contributed by atoms with Crippen LogP contribution in [0, 0.1) is 5.41 Å². The number of carbonyl (C=O) groups is 2. The molecule has 0 aliphatic carbocycles. The van der Waals surface area contributed by atoms with Crippen molar-refractivity contribution in [3.8, 4) is 0 Å². The number of amides is 3. The fraction of sp³-hybridized carbons (Fsp3) is 0.231. The molecule has 0 spiro atoms. The monoisotopic (exact) mass is 398 g/mol. The summed E-state index contributed by atoms with van der Waals surface area (Å²) >= 11 is 0. The molecule has 4 nitrogen and oxygen atoms in total.